The van der Waals surface area contributed by atoms with Crippen LogP contribution >= 0.6 is 0 Å². The molecule has 2 heterocycles. The van der Waals surface area contributed by atoms with Gasteiger partial charge in [0.05, 0.1) is 19.3 Å². The highest BCUT2D eigenvalue weighted by atomic mass is 16.5. The second-order valence-electron chi connectivity index (χ2n) is 7.15. The van der Waals surface area contributed by atoms with Gasteiger partial charge in [-0.3, -0.25) is 14.5 Å². The number of carbonyl (C=O) groups is 1. The van der Waals surface area contributed by atoms with E-state index in [0.717, 1.165) is 42.3 Å². The van der Waals surface area contributed by atoms with Crippen molar-refractivity contribution in [1.29, 1.82) is 0 Å². The highest BCUT2D eigenvalue weighted by Crippen LogP contribution is 2.21. The molecule has 1 aromatic heterocycles. The van der Waals surface area contributed by atoms with Crippen LogP contribution in [0.1, 0.15) is 37.0 Å². The average Bonchev–Trinajstić information content (AvgIpc) is 3.16. The molecule has 156 valence electrons. The summed E-state index contributed by atoms with van der Waals surface area (Å²) in [5.41, 5.74) is 2.97. The number of morpholine rings is 1. The van der Waals surface area contributed by atoms with Crippen LogP contribution < -0.4 is 10.6 Å². The number of benzene rings is 1. The smallest absolute Gasteiger partial charge is 0.224 e. The monoisotopic (exact) mass is 398 g/mol. The van der Waals surface area contributed by atoms with E-state index in [-0.39, 0.29) is 12.0 Å². The zero-order valence-electron chi connectivity index (χ0n) is 17.4. The van der Waals surface area contributed by atoms with Crippen molar-refractivity contribution in [3.8, 4) is 0 Å². The number of rotatable bonds is 6. The van der Waals surface area contributed by atoms with Gasteiger partial charge in [0.2, 0.25) is 5.91 Å². The van der Waals surface area contributed by atoms with E-state index >= 15 is 0 Å². The molecule has 2 aromatic rings. The van der Waals surface area contributed by atoms with Gasteiger partial charge in [0.15, 0.2) is 5.96 Å². The minimum atomic E-state index is -0.0203. The topological polar surface area (TPSA) is 83.8 Å². The first-order valence-electron chi connectivity index (χ1n) is 10.0. The first-order chi connectivity index (χ1) is 14.1. The minimum Gasteiger partial charge on any atom is -0.370 e. The molecule has 1 fully saturated rings. The second kappa shape index (κ2) is 10.1. The zero-order valence-corrected chi connectivity index (χ0v) is 17.4. The third-order valence-electron chi connectivity index (χ3n) is 4.81. The van der Waals surface area contributed by atoms with Crippen molar-refractivity contribution in [2.24, 2.45) is 12.0 Å². The number of aromatic nitrogens is 2. The second-order valence-corrected chi connectivity index (χ2v) is 7.15. The number of hydrogen-bond acceptors (Lipinski definition) is 4. The lowest BCUT2D eigenvalue weighted by molar-refractivity contribution is -0.116. The predicted octanol–water partition coefficient (Wildman–Crippen LogP) is 2.31. The van der Waals surface area contributed by atoms with Crippen LogP contribution in [0.5, 0.6) is 0 Å². The van der Waals surface area contributed by atoms with Crippen LogP contribution in [-0.2, 0) is 23.1 Å². The minimum absolute atomic E-state index is 0.0203. The summed E-state index contributed by atoms with van der Waals surface area (Å²) in [5, 5.41) is 10.6. The van der Waals surface area contributed by atoms with Gasteiger partial charge in [-0.05, 0) is 24.1 Å². The van der Waals surface area contributed by atoms with E-state index in [9.17, 15) is 4.79 Å². The molecule has 1 aromatic carbocycles. The number of ether oxygens (including phenoxy) is 1. The van der Waals surface area contributed by atoms with E-state index in [4.69, 9.17) is 4.74 Å². The standard InChI is InChI=1S/C21H30N6O2/c1-4-6-20(28)25-18-8-5-7-16(11-18)12-23-21(22-2)27-9-10-29-19(15-27)17-13-24-26(3)14-17/h5,7-8,11,13-14,19H,4,6,9-10,12,15H2,1-3H3,(H,22,23)(H,25,28). The van der Waals surface area contributed by atoms with Gasteiger partial charge in [0.1, 0.15) is 6.10 Å². The van der Waals surface area contributed by atoms with E-state index in [1.807, 2.05) is 50.6 Å². The van der Waals surface area contributed by atoms with E-state index in [2.05, 4.69) is 25.6 Å². The Kier molecular flexibility index (Phi) is 7.24. The molecule has 0 spiro atoms. The summed E-state index contributed by atoms with van der Waals surface area (Å²) in [5.74, 6) is 0.880. The number of carbonyl (C=O) groups excluding carboxylic acids is 1. The number of anilines is 1. The molecular weight excluding hydrogens is 368 g/mol. The third kappa shape index (κ3) is 5.80. The Balaban J connectivity index is 1.58. The van der Waals surface area contributed by atoms with Crippen LogP contribution in [0.2, 0.25) is 0 Å². The molecule has 0 radical (unpaired) electrons. The van der Waals surface area contributed by atoms with Crippen molar-refractivity contribution in [3.63, 3.8) is 0 Å². The van der Waals surface area contributed by atoms with E-state index in [1.165, 1.54) is 0 Å². The van der Waals surface area contributed by atoms with Crippen molar-refractivity contribution in [3.05, 3.63) is 47.8 Å². The van der Waals surface area contributed by atoms with Crippen molar-refractivity contribution in [1.82, 2.24) is 20.0 Å². The Morgan fingerprint density at radius 2 is 2.28 bits per heavy atom. The van der Waals surface area contributed by atoms with Crippen molar-refractivity contribution in [2.75, 3.05) is 32.1 Å². The molecule has 3 rings (SSSR count). The van der Waals surface area contributed by atoms with Gasteiger partial charge >= 0.3 is 0 Å². The van der Waals surface area contributed by atoms with Crippen LogP contribution in [-0.4, -0.2) is 53.3 Å². The number of amides is 1. The molecule has 0 saturated carbocycles. The van der Waals surface area contributed by atoms with Crippen LogP contribution in [0.4, 0.5) is 5.69 Å². The first kappa shape index (κ1) is 20.9. The van der Waals surface area contributed by atoms with Gasteiger partial charge < -0.3 is 20.3 Å². The first-order valence-corrected chi connectivity index (χ1v) is 10.0. The van der Waals surface area contributed by atoms with Crippen molar-refractivity contribution in [2.45, 2.75) is 32.4 Å². The maximum absolute atomic E-state index is 11.8. The number of aliphatic imine (C=N–C) groups is 1. The lowest BCUT2D eigenvalue weighted by Gasteiger charge is -2.34. The molecule has 0 aliphatic carbocycles. The van der Waals surface area contributed by atoms with Crippen LogP contribution in [0.25, 0.3) is 0 Å². The van der Waals surface area contributed by atoms with Crippen LogP contribution in [0.3, 0.4) is 0 Å². The van der Waals surface area contributed by atoms with Crippen molar-refractivity contribution < 1.29 is 9.53 Å². The van der Waals surface area contributed by atoms with Crippen LogP contribution in [0.15, 0.2) is 41.7 Å². The largest absolute Gasteiger partial charge is 0.370 e. The number of aryl methyl sites for hydroxylation is 1. The SMILES string of the molecule is CCCC(=O)Nc1cccc(CNC(=NC)N2CCOC(c3cnn(C)c3)C2)c1. The molecule has 29 heavy (non-hydrogen) atoms. The summed E-state index contributed by atoms with van der Waals surface area (Å²) in [7, 11) is 3.70. The molecule has 1 aliphatic rings. The van der Waals surface area contributed by atoms with Gasteiger partial charge in [0, 0.05) is 51.1 Å². The number of guanidine groups is 1. The van der Waals surface area contributed by atoms with Crippen molar-refractivity contribution >= 4 is 17.6 Å². The Morgan fingerprint density at radius 3 is 3.00 bits per heavy atom. The summed E-state index contributed by atoms with van der Waals surface area (Å²) >= 11 is 0. The van der Waals surface area contributed by atoms with Gasteiger partial charge in [-0.25, -0.2) is 0 Å². The molecule has 8 nitrogen and oxygen atoms in total. The van der Waals surface area contributed by atoms with E-state index < -0.39 is 0 Å². The van der Waals surface area contributed by atoms with E-state index in [0.29, 0.717) is 19.6 Å². The Bertz CT molecular complexity index is 847. The number of hydrogen-bond donors (Lipinski definition) is 2. The average molecular weight is 399 g/mol. The molecule has 1 amide bonds. The molecular formula is C21H30N6O2. The lowest BCUT2D eigenvalue weighted by atomic mass is 10.1. The maximum atomic E-state index is 11.8. The molecule has 1 atom stereocenters. The quantitative estimate of drug-likeness (QED) is 0.576. The summed E-state index contributed by atoms with van der Waals surface area (Å²) in [6.07, 6.45) is 5.19. The summed E-state index contributed by atoms with van der Waals surface area (Å²) < 4.78 is 7.71. The Labute approximate surface area is 171 Å². The predicted molar refractivity (Wildman–Crippen MR) is 114 cm³/mol. The molecule has 1 aliphatic heterocycles. The Hall–Kier alpha value is -2.87. The fraction of sp³-hybridized carbons (Fsp3) is 0.476. The summed E-state index contributed by atoms with van der Waals surface area (Å²) in [4.78, 5) is 18.5. The zero-order chi connectivity index (χ0) is 20.6. The highest BCUT2D eigenvalue weighted by molar-refractivity contribution is 5.90. The van der Waals surface area contributed by atoms with Crippen LogP contribution in [0, 0.1) is 0 Å². The molecule has 8 heteroatoms. The number of nitrogens with one attached hydrogen (secondary N) is 2. The molecule has 1 saturated heterocycles. The fourth-order valence-electron chi connectivity index (χ4n) is 3.37. The van der Waals surface area contributed by atoms with Gasteiger partial charge in [-0.1, -0.05) is 19.1 Å². The Morgan fingerprint density at radius 1 is 1.41 bits per heavy atom. The fourth-order valence-corrected chi connectivity index (χ4v) is 3.37. The molecule has 0 bridgehead atoms. The van der Waals surface area contributed by atoms with Gasteiger partial charge in [-0.15, -0.1) is 0 Å². The number of nitrogens with zero attached hydrogens (tertiary/aromatic N) is 4. The van der Waals surface area contributed by atoms with Gasteiger partial charge in [-0.2, -0.15) is 5.10 Å². The van der Waals surface area contributed by atoms with E-state index in [1.54, 1.807) is 11.7 Å². The summed E-state index contributed by atoms with van der Waals surface area (Å²) in [6, 6.07) is 7.89. The maximum Gasteiger partial charge on any atom is 0.224 e. The lowest BCUT2D eigenvalue weighted by Crippen LogP contribution is -2.47. The molecule has 2 N–H and O–H groups in total. The normalized spacial score (nSPS) is 17.3. The highest BCUT2D eigenvalue weighted by Gasteiger charge is 2.25. The third-order valence-corrected chi connectivity index (χ3v) is 4.81. The van der Waals surface area contributed by atoms with Gasteiger partial charge in [0.25, 0.3) is 0 Å². The molecule has 1 unspecified atom stereocenters. The summed E-state index contributed by atoms with van der Waals surface area (Å²) in [6.45, 7) is 4.76.